The Morgan fingerprint density at radius 3 is 2.50 bits per heavy atom. The van der Waals surface area contributed by atoms with Crippen LogP contribution in [-0.4, -0.2) is 35.7 Å². The van der Waals surface area contributed by atoms with Crippen LogP contribution < -0.4 is 4.74 Å². The van der Waals surface area contributed by atoms with Crippen LogP contribution in [0, 0.1) is 11.7 Å². The molecule has 0 aromatic heterocycles. The molecule has 1 saturated heterocycles. The van der Waals surface area contributed by atoms with E-state index >= 15 is 0 Å². The van der Waals surface area contributed by atoms with Crippen molar-refractivity contribution in [3.63, 3.8) is 0 Å². The number of nitrogens with zero attached hydrogens (tertiary/aromatic N) is 1. The van der Waals surface area contributed by atoms with Crippen molar-refractivity contribution in [2.24, 2.45) is 5.92 Å². The molecule has 0 saturated carbocycles. The van der Waals surface area contributed by atoms with Crippen LogP contribution in [0.4, 0.5) is 4.39 Å². The molecule has 2 aromatic carbocycles. The third kappa shape index (κ3) is 4.22. The molecule has 0 spiro atoms. The van der Waals surface area contributed by atoms with Crippen LogP contribution in [0.15, 0.2) is 48.5 Å². The van der Waals surface area contributed by atoms with E-state index < -0.39 is 5.97 Å². The van der Waals surface area contributed by atoms with Gasteiger partial charge in [0.25, 0.3) is 0 Å². The van der Waals surface area contributed by atoms with Crippen LogP contribution in [0.2, 0.25) is 0 Å². The Labute approximate surface area is 153 Å². The normalized spacial score (nSPS) is 17.0. The molecule has 2 aromatic rings. The number of ether oxygens (including phenoxy) is 1. The summed E-state index contributed by atoms with van der Waals surface area (Å²) < 4.78 is 19.0. The van der Waals surface area contributed by atoms with E-state index in [0.717, 1.165) is 16.9 Å². The number of hydrogen-bond acceptors (Lipinski definition) is 3. The minimum absolute atomic E-state index is 0.0502. The molecule has 1 aliphatic heterocycles. The third-order valence-corrected chi connectivity index (χ3v) is 4.91. The molecule has 1 atom stereocenters. The number of rotatable bonds is 6. The lowest BCUT2D eigenvalue weighted by atomic mass is 9.91. The summed E-state index contributed by atoms with van der Waals surface area (Å²) in [6.45, 7) is 3.92. The molecule has 1 N–H and O–H groups in total. The molecular formula is C21H24FNO3. The number of carboxylic acid groups (broad SMARTS) is 1. The van der Waals surface area contributed by atoms with E-state index in [1.807, 2.05) is 31.2 Å². The first-order valence-corrected chi connectivity index (χ1v) is 9.03. The summed E-state index contributed by atoms with van der Waals surface area (Å²) in [7, 11) is 0. The van der Waals surface area contributed by atoms with Crippen molar-refractivity contribution < 1.29 is 19.0 Å². The minimum atomic E-state index is -0.721. The fraction of sp³-hybridized carbons (Fsp3) is 0.381. The van der Waals surface area contributed by atoms with Gasteiger partial charge >= 0.3 is 5.97 Å². The van der Waals surface area contributed by atoms with Crippen LogP contribution in [0.3, 0.4) is 0 Å². The summed E-state index contributed by atoms with van der Waals surface area (Å²) in [6.07, 6.45) is 1.25. The summed E-state index contributed by atoms with van der Waals surface area (Å²) in [4.78, 5) is 13.5. The van der Waals surface area contributed by atoms with Gasteiger partial charge < -0.3 is 9.84 Å². The zero-order chi connectivity index (χ0) is 18.5. The number of carboxylic acids is 1. The van der Waals surface area contributed by atoms with Crippen molar-refractivity contribution in [2.75, 3.05) is 19.7 Å². The number of benzene rings is 2. The maximum absolute atomic E-state index is 13.4. The average Bonchev–Trinajstić information content (AvgIpc) is 2.65. The molecule has 0 radical (unpaired) electrons. The lowest BCUT2D eigenvalue weighted by Crippen LogP contribution is -2.39. The smallest absolute Gasteiger partial charge is 0.306 e. The Bertz CT molecular complexity index is 739. The Balaban J connectivity index is 1.91. The lowest BCUT2D eigenvalue weighted by molar-refractivity contribution is -0.143. The van der Waals surface area contributed by atoms with Gasteiger partial charge in [0.05, 0.1) is 18.6 Å². The largest absolute Gasteiger partial charge is 0.494 e. The first kappa shape index (κ1) is 18.4. The van der Waals surface area contributed by atoms with Crippen molar-refractivity contribution in [1.29, 1.82) is 0 Å². The topological polar surface area (TPSA) is 49.8 Å². The molecule has 1 heterocycles. The molecule has 0 amide bonds. The monoisotopic (exact) mass is 357 g/mol. The molecule has 138 valence electrons. The highest BCUT2D eigenvalue weighted by Crippen LogP contribution is 2.34. The van der Waals surface area contributed by atoms with Gasteiger partial charge in [-0.15, -0.1) is 0 Å². The van der Waals surface area contributed by atoms with E-state index in [0.29, 0.717) is 32.5 Å². The van der Waals surface area contributed by atoms with E-state index in [1.165, 1.54) is 12.1 Å². The van der Waals surface area contributed by atoms with E-state index in [9.17, 15) is 14.3 Å². The highest BCUT2D eigenvalue weighted by atomic mass is 19.1. The Morgan fingerprint density at radius 2 is 1.88 bits per heavy atom. The Morgan fingerprint density at radius 1 is 1.19 bits per heavy atom. The Kier molecular flexibility index (Phi) is 5.89. The van der Waals surface area contributed by atoms with Crippen molar-refractivity contribution in [1.82, 2.24) is 4.90 Å². The van der Waals surface area contributed by atoms with Crippen LogP contribution in [-0.2, 0) is 4.79 Å². The van der Waals surface area contributed by atoms with Gasteiger partial charge in [-0.3, -0.25) is 9.69 Å². The molecule has 1 unspecified atom stereocenters. The van der Waals surface area contributed by atoms with Crippen molar-refractivity contribution in [2.45, 2.75) is 25.8 Å². The first-order valence-electron chi connectivity index (χ1n) is 9.03. The van der Waals surface area contributed by atoms with E-state index in [1.54, 1.807) is 12.1 Å². The summed E-state index contributed by atoms with van der Waals surface area (Å²) in [5.74, 6) is -0.464. The van der Waals surface area contributed by atoms with Crippen LogP contribution >= 0.6 is 0 Å². The highest BCUT2D eigenvalue weighted by molar-refractivity contribution is 5.70. The molecule has 1 fully saturated rings. The van der Waals surface area contributed by atoms with Gasteiger partial charge in [0, 0.05) is 0 Å². The van der Waals surface area contributed by atoms with Crippen LogP contribution in [0.5, 0.6) is 5.75 Å². The third-order valence-electron chi connectivity index (χ3n) is 4.91. The zero-order valence-corrected chi connectivity index (χ0v) is 14.9. The lowest BCUT2D eigenvalue weighted by Gasteiger charge is -2.37. The number of halogens is 1. The number of hydrogen-bond donors (Lipinski definition) is 1. The standard InChI is InChI=1S/C21H24FNO3/c1-2-26-19-5-3-4-17(14-19)20(15-6-8-18(22)9-7-15)23-12-10-16(11-13-23)21(24)25/h3-9,14,16,20H,2,10-13H2,1H3,(H,24,25). The second-order valence-corrected chi connectivity index (χ2v) is 6.61. The predicted octanol–water partition coefficient (Wildman–Crippen LogP) is 4.11. The maximum atomic E-state index is 13.4. The predicted molar refractivity (Wildman–Crippen MR) is 97.8 cm³/mol. The van der Waals surface area contributed by atoms with Crippen molar-refractivity contribution >= 4 is 5.97 Å². The molecule has 5 heteroatoms. The van der Waals surface area contributed by atoms with Gasteiger partial charge in [-0.1, -0.05) is 24.3 Å². The number of carbonyl (C=O) groups is 1. The molecule has 1 aliphatic rings. The fourth-order valence-corrected chi connectivity index (χ4v) is 3.60. The van der Waals surface area contributed by atoms with Crippen molar-refractivity contribution in [3.05, 3.63) is 65.5 Å². The summed E-state index contributed by atoms with van der Waals surface area (Å²) in [6, 6.07) is 14.4. The van der Waals surface area contributed by atoms with E-state index in [2.05, 4.69) is 4.90 Å². The average molecular weight is 357 g/mol. The van der Waals surface area contributed by atoms with Crippen LogP contribution in [0.25, 0.3) is 0 Å². The summed E-state index contributed by atoms with van der Waals surface area (Å²) in [5.41, 5.74) is 2.06. The summed E-state index contributed by atoms with van der Waals surface area (Å²) in [5, 5.41) is 9.25. The Hall–Kier alpha value is -2.40. The maximum Gasteiger partial charge on any atom is 0.306 e. The van der Waals surface area contributed by atoms with Gasteiger partial charge in [-0.2, -0.15) is 0 Å². The van der Waals surface area contributed by atoms with Gasteiger partial charge in [-0.05, 0) is 68.2 Å². The van der Waals surface area contributed by atoms with E-state index in [4.69, 9.17) is 4.74 Å². The molecular weight excluding hydrogens is 333 g/mol. The number of aliphatic carboxylic acids is 1. The second-order valence-electron chi connectivity index (χ2n) is 6.61. The van der Waals surface area contributed by atoms with Gasteiger partial charge in [0.1, 0.15) is 11.6 Å². The van der Waals surface area contributed by atoms with Gasteiger partial charge in [0.15, 0.2) is 0 Å². The van der Waals surface area contributed by atoms with Crippen molar-refractivity contribution in [3.8, 4) is 5.75 Å². The van der Waals surface area contributed by atoms with E-state index in [-0.39, 0.29) is 17.8 Å². The quantitative estimate of drug-likeness (QED) is 0.845. The fourth-order valence-electron chi connectivity index (χ4n) is 3.60. The second kappa shape index (κ2) is 8.32. The van der Waals surface area contributed by atoms with Gasteiger partial charge in [-0.25, -0.2) is 4.39 Å². The van der Waals surface area contributed by atoms with Crippen LogP contribution in [0.1, 0.15) is 36.9 Å². The first-order chi connectivity index (χ1) is 12.6. The molecule has 4 nitrogen and oxygen atoms in total. The summed E-state index contributed by atoms with van der Waals surface area (Å²) >= 11 is 0. The molecule has 0 aliphatic carbocycles. The molecule has 26 heavy (non-hydrogen) atoms. The molecule has 0 bridgehead atoms. The number of piperidine rings is 1. The molecule has 3 rings (SSSR count). The number of likely N-dealkylation sites (tertiary alicyclic amines) is 1. The SMILES string of the molecule is CCOc1cccc(C(c2ccc(F)cc2)N2CCC(C(=O)O)CC2)c1. The highest BCUT2D eigenvalue weighted by Gasteiger charge is 2.30. The van der Waals surface area contributed by atoms with Gasteiger partial charge in [0.2, 0.25) is 0 Å². The zero-order valence-electron chi connectivity index (χ0n) is 14.9. The minimum Gasteiger partial charge on any atom is -0.494 e.